The molecule has 0 aliphatic carbocycles. The Balaban J connectivity index is 0.00000259. The van der Waals surface area contributed by atoms with Crippen LogP contribution in [0, 0.1) is 0 Å². The summed E-state index contributed by atoms with van der Waals surface area (Å²) in [6, 6.07) is 11.4. The molecule has 0 aliphatic rings. The normalized spacial score (nSPS) is 11.2. The van der Waals surface area contributed by atoms with Crippen molar-refractivity contribution in [2.75, 3.05) is 0 Å². The molecule has 0 aliphatic heterocycles. The number of hydrogen-bond donors (Lipinski definition) is 4. The van der Waals surface area contributed by atoms with Crippen molar-refractivity contribution in [3.63, 3.8) is 0 Å². The van der Waals surface area contributed by atoms with Gasteiger partial charge in [0, 0.05) is 10.8 Å². The topological polar surface area (TPSA) is 149 Å². The standard InChI is InChI=1S/C24H12O8.FH/c25-21(26)13-5-1-9-10-2-6-15(23(29)30)20-16(24(31)32)8-4-12(18(10)20)11-3-7-14(22(27)28)19(13)17(9)11;/h1-8H,(H,25,26)(H,27,28)(H,29,30)(H,31,32);1H. The molecule has 0 radical (unpaired) electrons. The Morgan fingerprint density at radius 1 is 0.394 bits per heavy atom. The first-order valence-corrected chi connectivity index (χ1v) is 9.35. The predicted molar refractivity (Wildman–Crippen MR) is 118 cm³/mol. The number of benzene rings is 5. The van der Waals surface area contributed by atoms with Gasteiger partial charge in [0.05, 0.1) is 22.3 Å². The first-order valence-electron chi connectivity index (χ1n) is 9.35. The van der Waals surface area contributed by atoms with Crippen molar-refractivity contribution in [3.8, 4) is 0 Å². The van der Waals surface area contributed by atoms with Gasteiger partial charge in [0.15, 0.2) is 0 Å². The van der Waals surface area contributed by atoms with Crippen LogP contribution in [0.2, 0.25) is 0 Å². The quantitative estimate of drug-likeness (QED) is 0.229. The largest absolute Gasteiger partial charge is 0.478 e. The minimum absolute atomic E-state index is 0. The van der Waals surface area contributed by atoms with Gasteiger partial charge < -0.3 is 20.4 Å². The number of fused-ring (bicyclic) bond motifs is 2. The highest BCUT2D eigenvalue weighted by Crippen LogP contribution is 2.43. The van der Waals surface area contributed by atoms with Crippen molar-refractivity contribution in [2.45, 2.75) is 0 Å². The third-order valence-corrected chi connectivity index (χ3v) is 5.82. The van der Waals surface area contributed by atoms with Crippen LogP contribution in [-0.2, 0) is 0 Å². The molecule has 0 bridgehead atoms. The molecule has 0 unspecified atom stereocenters. The minimum atomic E-state index is -1.28. The first kappa shape index (κ1) is 21.4. The Labute approximate surface area is 182 Å². The second-order valence-electron chi connectivity index (χ2n) is 7.36. The highest BCUT2D eigenvalue weighted by atomic mass is 19.0. The fourth-order valence-electron chi connectivity index (χ4n) is 4.60. The molecular weight excluding hydrogens is 435 g/mol. The zero-order valence-corrected chi connectivity index (χ0v) is 16.4. The maximum Gasteiger partial charge on any atom is 0.336 e. The second-order valence-corrected chi connectivity index (χ2v) is 7.36. The maximum atomic E-state index is 11.9. The SMILES string of the molecule is F.O=C(O)c1ccc2c3ccc(C(=O)O)c4c(C(=O)O)ccc(c5ccc(C(=O)O)c1c25)c43. The van der Waals surface area contributed by atoms with Crippen molar-refractivity contribution < 1.29 is 44.3 Å². The first-order chi connectivity index (χ1) is 15.2. The molecule has 33 heavy (non-hydrogen) atoms. The van der Waals surface area contributed by atoms with Gasteiger partial charge in [0.2, 0.25) is 0 Å². The molecule has 5 aromatic carbocycles. The van der Waals surface area contributed by atoms with Crippen LogP contribution in [0.1, 0.15) is 41.4 Å². The smallest absolute Gasteiger partial charge is 0.336 e. The van der Waals surface area contributed by atoms with Crippen LogP contribution in [-0.4, -0.2) is 44.3 Å². The van der Waals surface area contributed by atoms with Crippen molar-refractivity contribution in [3.05, 3.63) is 70.8 Å². The Kier molecular flexibility index (Phi) is 4.63. The molecule has 5 rings (SSSR count). The van der Waals surface area contributed by atoms with Gasteiger partial charge in [-0.2, -0.15) is 0 Å². The van der Waals surface area contributed by atoms with E-state index in [0.717, 1.165) is 0 Å². The van der Waals surface area contributed by atoms with Crippen LogP contribution in [0.4, 0.5) is 4.70 Å². The summed E-state index contributed by atoms with van der Waals surface area (Å²) in [6.07, 6.45) is 0. The molecule has 8 nitrogen and oxygen atoms in total. The number of carboxylic acids is 4. The van der Waals surface area contributed by atoms with E-state index < -0.39 is 23.9 Å². The molecule has 4 N–H and O–H groups in total. The van der Waals surface area contributed by atoms with E-state index in [1.165, 1.54) is 48.5 Å². The van der Waals surface area contributed by atoms with Gasteiger partial charge in [-0.3, -0.25) is 4.70 Å². The number of carbonyl (C=O) groups is 4. The lowest BCUT2D eigenvalue weighted by Gasteiger charge is -2.18. The Bertz CT molecular complexity index is 1440. The molecule has 0 saturated carbocycles. The zero-order chi connectivity index (χ0) is 22.9. The van der Waals surface area contributed by atoms with Crippen molar-refractivity contribution in [1.82, 2.24) is 0 Å². The maximum absolute atomic E-state index is 11.9. The van der Waals surface area contributed by atoms with Crippen LogP contribution in [0.5, 0.6) is 0 Å². The molecule has 0 aromatic heterocycles. The zero-order valence-electron chi connectivity index (χ0n) is 16.4. The van der Waals surface area contributed by atoms with Crippen LogP contribution >= 0.6 is 0 Å². The lowest BCUT2D eigenvalue weighted by atomic mass is 9.84. The molecule has 9 heteroatoms. The summed E-state index contributed by atoms with van der Waals surface area (Å²) in [5, 5.41) is 41.7. The summed E-state index contributed by atoms with van der Waals surface area (Å²) in [7, 11) is 0. The second kappa shape index (κ2) is 7.13. The average Bonchev–Trinajstić information content (AvgIpc) is 2.75. The molecule has 0 saturated heterocycles. The van der Waals surface area contributed by atoms with E-state index in [1.807, 2.05) is 0 Å². The number of hydrogen-bond acceptors (Lipinski definition) is 4. The van der Waals surface area contributed by atoms with Crippen LogP contribution in [0.3, 0.4) is 0 Å². The summed E-state index contributed by atoms with van der Waals surface area (Å²) in [6.45, 7) is 0. The van der Waals surface area contributed by atoms with E-state index in [2.05, 4.69) is 0 Å². The van der Waals surface area contributed by atoms with Crippen molar-refractivity contribution >= 4 is 67.0 Å². The van der Waals surface area contributed by atoms with Crippen molar-refractivity contribution in [1.29, 1.82) is 0 Å². The number of carboxylic acid groups (broad SMARTS) is 4. The van der Waals surface area contributed by atoms with Gasteiger partial charge in [0.25, 0.3) is 0 Å². The number of halogens is 1. The van der Waals surface area contributed by atoms with E-state index >= 15 is 0 Å². The van der Waals surface area contributed by atoms with Crippen LogP contribution in [0.25, 0.3) is 43.1 Å². The third-order valence-electron chi connectivity index (χ3n) is 5.82. The van der Waals surface area contributed by atoms with Gasteiger partial charge in [-0.25, -0.2) is 19.2 Å². The summed E-state index contributed by atoms with van der Waals surface area (Å²) < 4.78 is 0. The van der Waals surface area contributed by atoms with Crippen LogP contribution < -0.4 is 0 Å². The van der Waals surface area contributed by atoms with Gasteiger partial charge in [-0.1, -0.05) is 24.3 Å². The monoisotopic (exact) mass is 448 g/mol. The molecule has 164 valence electrons. The lowest BCUT2D eigenvalue weighted by Crippen LogP contribution is -2.07. The molecule has 0 amide bonds. The van der Waals surface area contributed by atoms with E-state index in [1.54, 1.807) is 0 Å². The third kappa shape index (κ3) is 2.76. The van der Waals surface area contributed by atoms with Gasteiger partial charge in [-0.15, -0.1) is 0 Å². The van der Waals surface area contributed by atoms with Gasteiger partial charge in [0.1, 0.15) is 0 Å². The lowest BCUT2D eigenvalue weighted by molar-refractivity contribution is 0.0681. The van der Waals surface area contributed by atoms with Gasteiger partial charge >= 0.3 is 23.9 Å². The molecule has 5 aromatic rings. The summed E-state index contributed by atoms with van der Waals surface area (Å²) in [4.78, 5) is 47.5. The van der Waals surface area contributed by atoms with Crippen LogP contribution in [0.15, 0.2) is 48.5 Å². The highest BCUT2D eigenvalue weighted by molar-refractivity contribution is 6.38. The summed E-state index contributed by atoms with van der Waals surface area (Å²) >= 11 is 0. The molecule has 0 atom stereocenters. The van der Waals surface area contributed by atoms with Gasteiger partial charge in [-0.05, 0) is 56.6 Å². The van der Waals surface area contributed by atoms with E-state index in [0.29, 0.717) is 32.3 Å². The summed E-state index contributed by atoms with van der Waals surface area (Å²) in [5.41, 5.74) is -0.696. The Hall–Kier alpha value is -4.79. The number of rotatable bonds is 4. The Morgan fingerprint density at radius 3 is 0.788 bits per heavy atom. The fraction of sp³-hybridized carbons (Fsp3) is 0. The fourth-order valence-corrected chi connectivity index (χ4v) is 4.60. The molecule has 0 fully saturated rings. The predicted octanol–water partition coefficient (Wildman–Crippen LogP) is 4.68. The molecule has 0 spiro atoms. The Morgan fingerprint density at radius 2 is 0.606 bits per heavy atom. The average molecular weight is 448 g/mol. The molecular formula is C24H13FO8. The van der Waals surface area contributed by atoms with E-state index in [4.69, 9.17) is 0 Å². The highest BCUT2D eigenvalue weighted by Gasteiger charge is 2.25. The molecule has 0 heterocycles. The van der Waals surface area contributed by atoms with E-state index in [-0.39, 0.29) is 37.7 Å². The van der Waals surface area contributed by atoms with E-state index in [9.17, 15) is 39.6 Å². The minimum Gasteiger partial charge on any atom is -0.478 e. The number of aromatic carboxylic acids is 4. The van der Waals surface area contributed by atoms with Crippen molar-refractivity contribution in [2.24, 2.45) is 0 Å². The summed E-state index contributed by atoms with van der Waals surface area (Å²) in [5.74, 6) is -5.13.